The fourth-order valence-electron chi connectivity index (χ4n) is 2.76. The lowest BCUT2D eigenvalue weighted by Crippen LogP contribution is -2.42. The molecule has 6 nitrogen and oxygen atoms in total. The van der Waals surface area contributed by atoms with E-state index in [1.54, 1.807) is 36.4 Å². The van der Waals surface area contributed by atoms with Gasteiger partial charge >= 0.3 is 0 Å². The highest BCUT2D eigenvalue weighted by Crippen LogP contribution is 2.30. The number of carbonyl (C=O) groups is 2. The summed E-state index contributed by atoms with van der Waals surface area (Å²) in [4.78, 5) is 25.1. The first-order valence-corrected chi connectivity index (χ1v) is 9.35. The molecule has 2 aromatic carbocycles. The molecule has 1 heterocycles. The average molecular weight is 347 g/mol. The zero-order valence-corrected chi connectivity index (χ0v) is 14.0. The van der Waals surface area contributed by atoms with Crippen LogP contribution in [-0.2, 0) is 14.4 Å². The van der Waals surface area contributed by atoms with Crippen molar-refractivity contribution in [2.75, 3.05) is 5.75 Å². The molecule has 1 aliphatic heterocycles. The van der Waals surface area contributed by atoms with Crippen LogP contribution in [0.1, 0.15) is 46.9 Å². The lowest BCUT2D eigenvalue weighted by molar-refractivity contribution is -0.0155. The molecule has 0 fully saturated rings. The third-order valence-corrected chi connectivity index (χ3v) is 5.09. The number of carbonyl (C=O) groups excluding carboxylic acids is 2. The van der Waals surface area contributed by atoms with Crippen molar-refractivity contribution in [3.8, 4) is 0 Å². The lowest BCUT2D eigenvalue weighted by atomic mass is 9.95. The second-order valence-electron chi connectivity index (χ2n) is 5.66. The van der Waals surface area contributed by atoms with E-state index in [0.717, 1.165) is 18.2 Å². The number of benzene rings is 2. The number of imide groups is 1. The number of hydrogen-bond donors (Lipinski definition) is 0. The number of amides is 2. The Labute approximate surface area is 140 Å². The Bertz CT molecular complexity index is 869. The van der Waals surface area contributed by atoms with E-state index in [-0.39, 0.29) is 16.9 Å². The van der Waals surface area contributed by atoms with Gasteiger partial charge in [0.05, 0.1) is 16.9 Å². The highest BCUT2D eigenvalue weighted by atomic mass is 32.2. The summed E-state index contributed by atoms with van der Waals surface area (Å²) >= 11 is 0. The fraction of sp³-hybridized carbons (Fsp3) is 0.294. The van der Waals surface area contributed by atoms with E-state index in [0.29, 0.717) is 16.9 Å². The molecule has 0 aromatic heterocycles. The number of rotatable bonds is 6. The maximum Gasteiger partial charge on any atom is 0.288 e. The van der Waals surface area contributed by atoms with Gasteiger partial charge in [-0.3, -0.25) is 9.59 Å². The van der Waals surface area contributed by atoms with Crippen LogP contribution in [0.3, 0.4) is 0 Å². The average Bonchev–Trinajstić information content (AvgIpc) is 2.56. The first-order chi connectivity index (χ1) is 11.4. The second kappa shape index (κ2) is 6.33. The Morgan fingerprint density at radius 1 is 0.958 bits per heavy atom. The molecule has 0 spiro atoms. The summed E-state index contributed by atoms with van der Waals surface area (Å²) in [6.45, 7) is 1.95. The van der Waals surface area contributed by atoms with Crippen LogP contribution in [-0.4, -0.2) is 31.0 Å². The van der Waals surface area contributed by atoms with Gasteiger partial charge in [-0.1, -0.05) is 44.0 Å². The van der Waals surface area contributed by atoms with Gasteiger partial charge in [0.1, 0.15) is 0 Å². The van der Waals surface area contributed by atoms with E-state index in [4.69, 9.17) is 4.28 Å². The monoisotopic (exact) mass is 347 g/mol. The van der Waals surface area contributed by atoms with Crippen molar-refractivity contribution in [1.82, 2.24) is 5.06 Å². The number of hydroxylamine groups is 2. The molecule has 1 aliphatic rings. The summed E-state index contributed by atoms with van der Waals surface area (Å²) in [6, 6.07) is 10.1. The molecule has 126 valence electrons. The van der Waals surface area contributed by atoms with Crippen molar-refractivity contribution in [2.24, 2.45) is 0 Å². The van der Waals surface area contributed by atoms with Crippen molar-refractivity contribution < 1.29 is 22.3 Å². The minimum Gasteiger partial charge on any atom is -0.266 e. The number of nitrogens with zero attached hydrogens (tertiary/aromatic N) is 1. The van der Waals surface area contributed by atoms with Crippen molar-refractivity contribution in [2.45, 2.75) is 26.2 Å². The first kappa shape index (κ1) is 16.6. The fourth-order valence-corrected chi connectivity index (χ4v) is 3.75. The van der Waals surface area contributed by atoms with Crippen molar-refractivity contribution in [3.05, 3.63) is 47.5 Å². The SMILES string of the molecule is CCCCCS(=O)(=O)ON1C(=O)c2cccc3cccc(c23)C1=O. The van der Waals surface area contributed by atoms with Gasteiger partial charge in [0.15, 0.2) is 0 Å². The molecular formula is C17H17NO5S. The molecule has 0 aliphatic carbocycles. The lowest BCUT2D eigenvalue weighted by Gasteiger charge is -2.25. The third-order valence-electron chi connectivity index (χ3n) is 3.92. The molecular weight excluding hydrogens is 330 g/mol. The molecule has 0 bridgehead atoms. The maximum atomic E-state index is 12.5. The molecule has 0 atom stereocenters. The molecule has 0 saturated heterocycles. The largest absolute Gasteiger partial charge is 0.288 e. The summed E-state index contributed by atoms with van der Waals surface area (Å²) in [7, 11) is -4.01. The summed E-state index contributed by atoms with van der Waals surface area (Å²) < 4.78 is 28.9. The molecule has 3 rings (SSSR count). The minimum atomic E-state index is -4.01. The summed E-state index contributed by atoms with van der Waals surface area (Å²) in [5.74, 6) is -1.75. The molecule has 0 unspecified atom stereocenters. The van der Waals surface area contributed by atoms with E-state index in [1.807, 2.05) is 6.92 Å². The quantitative estimate of drug-likeness (QED) is 0.593. The van der Waals surface area contributed by atoms with Crippen LogP contribution in [0.2, 0.25) is 0 Å². The van der Waals surface area contributed by atoms with Gasteiger partial charge in [0.2, 0.25) is 0 Å². The van der Waals surface area contributed by atoms with E-state index in [2.05, 4.69) is 0 Å². The Balaban J connectivity index is 1.96. The van der Waals surface area contributed by atoms with Crippen molar-refractivity contribution in [3.63, 3.8) is 0 Å². The van der Waals surface area contributed by atoms with Gasteiger partial charge in [-0.15, -0.1) is 9.35 Å². The predicted octanol–water partition coefficient (Wildman–Crippen LogP) is 2.89. The molecule has 0 N–H and O–H groups in total. The Hall–Kier alpha value is -2.25. The zero-order chi connectivity index (χ0) is 17.3. The van der Waals surface area contributed by atoms with Gasteiger partial charge in [-0.25, -0.2) is 0 Å². The molecule has 2 amide bonds. The van der Waals surface area contributed by atoms with Crippen molar-refractivity contribution in [1.29, 1.82) is 0 Å². The minimum absolute atomic E-state index is 0.232. The smallest absolute Gasteiger partial charge is 0.266 e. The van der Waals surface area contributed by atoms with Crippen molar-refractivity contribution >= 4 is 32.7 Å². The van der Waals surface area contributed by atoms with Crippen LogP contribution in [0.4, 0.5) is 0 Å². The topological polar surface area (TPSA) is 80.8 Å². The van der Waals surface area contributed by atoms with E-state index >= 15 is 0 Å². The normalized spacial score (nSPS) is 14.5. The van der Waals surface area contributed by atoms with Crippen LogP contribution in [0.5, 0.6) is 0 Å². The number of unbranched alkanes of at least 4 members (excludes halogenated alkanes) is 2. The second-order valence-corrected chi connectivity index (χ2v) is 7.33. The standard InChI is InChI=1S/C17H17NO5S/c1-2-3-4-11-24(21,22)23-18-16(19)13-9-5-7-12-8-6-10-14(15(12)13)17(18)20/h5-10H,2-4,11H2,1H3. The van der Waals surface area contributed by atoms with Gasteiger partial charge in [0.25, 0.3) is 21.9 Å². The molecule has 0 saturated carbocycles. The molecule has 2 aromatic rings. The zero-order valence-electron chi connectivity index (χ0n) is 13.2. The Kier molecular flexibility index (Phi) is 4.38. The number of hydrogen-bond acceptors (Lipinski definition) is 5. The highest BCUT2D eigenvalue weighted by Gasteiger charge is 2.36. The van der Waals surface area contributed by atoms with E-state index in [9.17, 15) is 18.0 Å². The van der Waals surface area contributed by atoms with Crippen LogP contribution in [0.15, 0.2) is 36.4 Å². The van der Waals surface area contributed by atoms with E-state index in [1.165, 1.54) is 0 Å². The highest BCUT2D eigenvalue weighted by molar-refractivity contribution is 7.86. The summed E-state index contributed by atoms with van der Waals surface area (Å²) in [5, 5.41) is 1.63. The van der Waals surface area contributed by atoms with Gasteiger partial charge in [0, 0.05) is 5.39 Å². The molecule has 7 heteroatoms. The summed E-state index contributed by atoms with van der Waals surface area (Å²) in [6.07, 6.45) is 2.00. The molecule has 0 radical (unpaired) electrons. The third kappa shape index (κ3) is 2.92. The Morgan fingerprint density at radius 2 is 1.54 bits per heavy atom. The van der Waals surface area contributed by atoms with Gasteiger partial charge in [-0.05, 0) is 23.9 Å². The summed E-state index contributed by atoms with van der Waals surface area (Å²) in [5.41, 5.74) is 0.512. The van der Waals surface area contributed by atoms with Crippen LogP contribution >= 0.6 is 0 Å². The maximum absolute atomic E-state index is 12.5. The first-order valence-electron chi connectivity index (χ1n) is 7.77. The van der Waals surface area contributed by atoms with Gasteiger partial charge < -0.3 is 0 Å². The molecule has 24 heavy (non-hydrogen) atoms. The Morgan fingerprint density at radius 3 is 2.08 bits per heavy atom. The van der Waals surface area contributed by atoms with Gasteiger partial charge in [-0.2, -0.15) is 8.42 Å². The van der Waals surface area contributed by atoms with Crippen LogP contribution < -0.4 is 0 Å². The van der Waals surface area contributed by atoms with Crippen LogP contribution in [0.25, 0.3) is 10.8 Å². The predicted molar refractivity (Wildman–Crippen MR) is 88.8 cm³/mol. The van der Waals surface area contributed by atoms with E-state index < -0.39 is 21.9 Å². The van der Waals surface area contributed by atoms with Crippen LogP contribution in [0, 0.1) is 0 Å².